The van der Waals surface area contributed by atoms with Crippen LogP contribution < -0.4 is 9.47 Å². The van der Waals surface area contributed by atoms with Gasteiger partial charge in [0.2, 0.25) is 5.91 Å². The molecule has 1 amide bonds. The smallest absolute Gasteiger partial charge is 0.219 e. The summed E-state index contributed by atoms with van der Waals surface area (Å²) in [5.41, 5.74) is 0. The van der Waals surface area contributed by atoms with Gasteiger partial charge >= 0.3 is 0 Å². The minimum Gasteiger partial charge on any atom is -0.497 e. The first-order valence-electron chi connectivity index (χ1n) is 7.44. The number of rotatable bonds is 6. The zero-order chi connectivity index (χ0) is 15.1. The fraction of sp³-hybridized carbons (Fsp3) is 0.562. The Kier molecular flexibility index (Phi) is 5.87. The average Bonchev–Trinajstić information content (AvgIpc) is 2.52. The van der Waals surface area contributed by atoms with Crippen LogP contribution in [-0.4, -0.2) is 62.1 Å². The highest BCUT2D eigenvalue weighted by Gasteiger charge is 2.17. The Morgan fingerprint density at radius 3 is 2.29 bits per heavy atom. The van der Waals surface area contributed by atoms with Crippen molar-refractivity contribution in [2.24, 2.45) is 0 Å². The van der Waals surface area contributed by atoms with Gasteiger partial charge in [-0.15, -0.1) is 0 Å². The Morgan fingerprint density at radius 1 is 1.10 bits per heavy atom. The van der Waals surface area contributed by atoms with Crippen molar-refractivity contribution in [2.75, 3.05) is 46.4 Å². The molecular formula is C16H24N2O3. The SMILES string of the molecule is COc1ccc(OCCCN2CCN(C(C)=O)CC2)cc1. The molecule has 5 nitrogen and oxygen atoms in total. The number of carbonyl (C=O) groups excluding carboxylic acids is 1. The molecule has 1 saturated heterocycles. The molecule has 5 heteroatoms. The molecule has 0 saturated carbocycles. The van der Waals surface area contributed by atoms with Crippen molar-refractivity contribution in [3.05, 3.63) is 24.3 Å². The van der Waals surface area contributed by atoms with Crippen LogP contribution in [0.15, 0.2) is 24.3 Å². The molecule has 0 aliphatic carbocycles. The maximum absolute atomic E-state index is 11.2. The molecule has 1 aromatic carbocycles. The number of methoxy groups -OCH3 is 1. The van der Waals surface area contributed by atoms with Crippen LogP contribution in [0.25, 0.3) is 0 Å². The molecule has 1 heterocycles. The van der Waals surface area contributed by atoms with E-state index in [1.165, 1.54) is 0 Å². The van der Waals surface area contributed by atoms with Gasteiger partial charge in [-0.25, -0.2) is 0 Å². The zero-order valence-electron chi connectivity index (χ0n) is 12.9. The van der Waals surface area contributed by atoms with Crippen molar-refractivity contribution in [3.63, 3.8) is 0 Å². The van der Waals surface area contributed by atoms with E-state index in [0.717, 1.165) is 50.6 Å². The van der Waals surface area contributed by atoms with Gasteiger partial charge < -0.3 is 14.4 Å². The molecule has 1 aromatic rings. The van der Waals surface area contributed by atoms with E-state index in [1.54, 1.807) is 14.0 Å². The second kappa shape index (κ2) is 7.88. The molecule has 0 atom stereocenters. The van der Waals surface area contributed by atoms with Gasteiger partial charge in [-0.1, -0.05) is 0 Å². The van der Waals surface area contributed by atoms with Crippen LogP contribution in [0.2, 0.25) is 0 Å². The summed E-state index contributed by atoms with van der Waals surface area (Å²) in [6, 6.07) is 7.64. The van der Waals surface area contributed by atoms with Crippen LogP contribution >= 0.6 is 0 Å². The predicted molar refractivity (Wildman–Crippen MR) is 81.8 cm³/mol. The summed E-state index contributed by atoms with van der Waals surface area (Å²) in [5.74, 6) is 1.89. The minimum absolute atomic E-state index is 0.178. The number of hydrogen-bond donors (Lipinski definition) is 0. The Labute approximate surface area is 126 Å². The monoisotopic (exact) mass is 292 g/mol. The molecule has 0 N–H and O–H groups in total. The molecule has 21 heavy (non-hydrogen) atoms. The van der Waals surface area contributed by atoms with Gasteiger partial charge in [0.25, 0.3) is 0 Å². The molecular weight excluding hydrogens is 268 g/mol. The van der Waals surface area contributed by atoms with Crippen molar-refractivity contribution in [2.45, 2.75) is 13.3 Å². The lowest BCUT2D eigenvalue weighted by Gasteiger charge is -2.34. The van der Waals surface area contributed by atoms with Gasteiger partial charge in [-0.05, 0) is 30.7 Å². The van der Waals surface area contributed by atoms with Crippen LogP contribution in [0.4, 0.5) is 0 Å². The maximum atomic E-state index is 11.2. The van der Waals surface area contributed by atoms with E-state index in [9.17, 15) is 4.79 Å². The van der Waals surface area contributed by atoms with Crippen molar-refractivity contribution in [3.8, 4) is 11.5 Å². The Bertz CT molecular complexity index is 439. The van der Waals surface area contributed by atoms with Gasteiger partial charge in [0.1, 0.15) is 11.5 Å². The molecule has 0 unspecified atom stereocenters. The summed E-state index contributed by atoms with van der Waals surface area (Å²) in [4.78, 5) is 15.5. The quantitative estimate of drug-likeness (QED) is 0.747. The highest BCUT2D eigenvalue weighted by Crippen LogP contribution is 2.17. The highest BCUT2D eigenvalue weighted by molar-refractivity contribution is 5.73. The van der Waals surface area contributed by atoms with Gasteiger partial charge in [0.05, 0.1) is 13.7 Å². The maximum Gasteiger partial charge on any atom is 0.219 e. The summed E-state index contributed by atoms with van der Waals surface area (Å²) in [5, 5.41) is 0. The minimum atomic E-state index is 0.178. The first kappa shape index (κ1) is 15.6. The van der Waals surface area contributed by atoms with Crippen molar-refractivity contribution in [1.82, 2.24) is 9.80 Å². The third-order valence-corrected chi connectivity index (χ3v) is 3.76. The molecule has 1 fully saturated rings. The topological polar surface area (TPSA) is 42.0 Å². The molecule has 0 spiro atoms. The Hall–Kier alpha value is -1.75. The molecule has 0 aromatic heterocycles. The van der Waals surface area contributed by atoms with Gasteiger partial charge in [0.15, 0.2) is 0 Å². The summed E-state index contributed by atoms with van der Waals surface area (Å²) >= 11 is 0. The predicted octanol–water partition coefficient (Wildman–Crippen LogP) is 1.63. The zero-order valence-corrected chi connectivity index (χ0v) is 12.9. The largest absolute Gasteiger partial charge is 0.497 e. The van der Waals surface area contributed by atoms with Gasteiger partial charge in [-0.2, -0.15) is 0 Å². The molecule has 1 aliphatic heterocycles. The van der Waals surface area contributed by atoms with Crippen LogP contribution in [0.3, 0.4) is 0 Å². The van der Waals surface area contributed by atoms with Crippen molar-refractivity contribution in [1.29, 1.82) is 0 Å². The molecule has 0 radical (unpaired) electrons. The fourth-order valence-electron chi connectivity index (χ4n) is 2.44. The summed E-state index contributed by atoms with van der Waals surface area (Å²) in [6.07, 6.45) is 0.992. The highest BCUT2D eigenvalue weighted by atomic mass is 16.5. The number of benzene rings is 1. The lowest BCUT2D eigenvalue weighted by molar-refractivity contribution is -0.130. The fourth-order valence-corrected chi connectivity index (χ4v) is 2.44. The molecule has 1 aliphatic rings. The molecule has 2 rings (SSSR count). The lowest BCUT2D eigenvalue weighted by atomic mass is 10.3. The third kappa shape index (κ3) is 4.93. The van der Waals surface area contributed by atoms with Crippen LogP contribution in [-0.2, 0) is 4.79 Å². The van der Waals surface area contributed by atoms with Crippen LogP contribution in [0, 0.1) is 0 Å². The Balaban J connectivity index is 1.60. The number of amides is 1. The van der Waals surface area contributed by atoms with Crippen molar-refractivity contribution < 1.29 is 14.3 Å². The van der Waals surface area contributed by atoms with E-state index in [0.29, 0.717) is 6.61 Å². The number of piperazine rings is 1. The normalized spacial score (nSPS) is 15.8. The van der Waals surface area contributed by atoms with E-state index < -0.39 is 0 Å². The van der Waals surface area contributed by atoms with E-state index >= 15 is 0 Å². The number of hydrogen-bond acceptors (Lipinski definition) is 4. The number of ether oxygens (including phenoxy) is 2. The first-order chi connectivity index (χ1) is 10.2. The standard InChI is InChI=1S/C16H24N2O3/c1-14(19)18-11-9-17(10-12-18)8-3-13-21-16-6-4-15(20-2)5-7-16/h4-7H,3,8-13H2,1-2H3. The summed E-state index contributed by atoms with van der Waals surface area (Å²) in [6.45, 7) is 6.97. The second-order valence-electron chi connectivity index (χ2n) is 5.23. The number of nitrogens with zero attached hydrogens (tertiary/aromatic N) is 2. The van der Waals surface area contributed by atoms with Crippen LogP contribution in [0.5, 0.6) is 11.5 Å². The Morgan fingerprint density at radius 2 is 1.71 bits per heavy atom. The number of carbonyl (C=O) groups is 1. The lowest BCUT2D eigenvalue weighted by Crippen LogP contribution is -2.48. The van der Waals surface area contributed by atoms with E-state index in [2.05, 4.69) is 4.90 Å². The summed E-state index contributed by atoms with van der Waals surface area (Å²) < 4.78 is 10.8. The molecule has 0 bridgehead atoms. The van der Waals surface area contributed by atoms with E-state index in [-0.39, 0.29) is 5.91 Å². The third-order valence-electron chi connectivity index (χ3n) is 3.76. The van der Waals surface area contributed by atoms with Gasteiger partial charge in [0, 0.05) is 39.6 Å². The van der Waals surface area contributed by atoms with E-state index in [4.69, 9.17) is 9.47 Å². The molecule has 116 valence electrons. The average molecular weight is 292 g/mol. The van der Waals surface area contributed by atoms with Gasteiger partial charge in [-0.3, -0.25) is 9.69 Å². The van der Waals surface area contributed by atoms with Crippen LogP contribution in [0.1, 0.15) is 13.3 Å². The summed E-state index contributed by atoms with van der Waals surface area (Å²) in [7, 11) is 1.65. The second-order valence-corrected chi connectivity index (χ2v) is 5.23. The van der Waals surface area contributed by atoms with Crippen molar-refractivity contribution >= 4 is 5.91 Å². The first-order valence-corrected chi connectivity index (χ1v) is 7.44. The van der Waals surface area contributed by atoms with E-state index in [1.807, 2.05) is 29.2 Å².